The molecule has 31 heavy (non-hydrogen) atoms. The fourth-order valence-corrected chi connectivity index (χ4v) is 4.87. The molecule has 2 fully saturated rings. The molecule has 0 bridgehead atoms. The van der Waals surface area contributed by atoms with Crippen LogP contribution in [-0.4, -0.2) is 59.5 Å². The first-order valence-electron chi connectivity index (χ1n) is 11.5. The summed E-state index contributed by atoms with van der Waals surface area (Å²) in [5.74, 6) is 1.59. The number of rotatable bonds is 6. The minimum absolute atomic E-state index is 0.104. The number of nitrogens with two attached hydrogens (primary N) is 1. The predicted octanol–water partition coefficient (Wildman–Crippen LogP) is 2.41. The quantitative estimate of drug-likeness (QED) is 0.743. The van der Waals surface area contributed by atoms with Crippen molar-refractivity contribution in [1.29, 1.82) is 0 Å². The molecule has 0 unspecified atom stereocenters. The van der Waals surface area contributed by atoms with E-state index < -0.39 is 0 Å². The number of anilines is 2. The van der Waals surface area contributed by atoms with Crippen LogP contribution in [0, 0.1) is 12.8 Å². The summed E-state index contributed by atoms with van der Waals surface area (Å²) in [6.07, 6.45) is 5.15. The highest BCUT2D eigenvalue weighted by molar-refractivity contribution is 5.79. The Hall–Kier alpha value is -2.67. The molecule has 2 aliphatic heterocycles. The molecule has 2 aromatic rings. The lowest BCUT2D eigenvalue weighted by Gasteiger charge is -2.42. The van der Waals surface area contributed by atoms with E-state index in [-0.39, 0.29) is 11.8 Å². The maximum Gasteiger partial charge on any atom is 0.224 e. The topological polar surface area (TPSA) is 87.4 Å². The third kappa shape index (κ3) is 5.73. The van der Waals surface area contributed by atoms with Crippen LogP contribution in [0.25, 0.3) is 0 Å². The Morgan fingerprint density at radius 2 is 1.90 bits per heavy atom. The number of carbonyl (C=O) groups excluding carboxylic acids is 1. The first kappa shape index (κ1) is 21.6. The number of nitrogens with one attached hydrogen (secondary N) is 1. The average molecular weight is 423 g/mol. The van der Waals surface area contributed by atoms with Crippen LogP contribution >= 0.6 is 0 Å². The zero-order chi connectivity index (χ0) is 21.6. The van der Waals surface area contributed by atoms with E-state index in [4.69, 9.17) is 5.73 Å². The molecule has 3 heterocycles. The molecule has 0 spiro atoms. The second-order valence-electron chi connectivity index (χ2n) is 8.80. The molecule has 1 amide bonds. The number of piperidine rings is 2. The number of aryl methyl sites for hydroxylation is 1. The van der Waals surface area contributed by atoms with Gasteiger partial charge in [0, 0.05) is 44.0 Å². The van der Waals surface area contributed by atoms with Gasteiger partial charge in [-0.05, 0) is 51.1 Å². The summed E-state index contributed by atoms with van der Waals surface area (Å²) in [6.45, 7) is 6.56. The number of hydrogen-bond donors (Lipinski definition) is 2. The molecule has 1 aromatic carbocycles. The maximum atomic E-state index is 12.7. The van der Waals surface area contributed by atoms with Gasteiger partial charge in [-0.25, -0.2) is 4.98 Å². The standard InChI is InChI=1S/C24H34N6O/c1-18-16-22(28-24(25)27-18)29-14-10-21(11-15-29)30-13-5-8-20(17-30)23(31)26-12-9-19-6-3-2-4-7-19/h2-4,6-7,16,20-21H,5,8-15,17H2,1H3,(H,26,31)(H2,25,27,28)/t20-/m0/s1. The number of hydrogen-bond acceptors (Lipinski definition) is 6. The molecule has 7 nitrogen and oxygen atoms in total. The summed E-state index contributed by atoms with van der Waals surface area (Å²) >= 11 is 0. The molecule has 166 valence electrons. The first-order chi connectivity index (χ1) is 15.1. The molecule has 0 aliphatic carbocycles. The number of nitrogens with zero attached hydrogens (tertiary/aromatic N) is 4. The maximum absolute atomic E-state index is 12.7. The Balaban J connectivity index is 1.24. The van der Waals surface area contributed by atoms with Crippen molar-refractivity contribution in [3.05, 3.63) is 47.7 Å². The fraction of sp³-hybridized carbons (Fsp3) is 0.542. The SMILES string of the molecule is Cc1cc(N2CCC(N3CCC[C@H](C(=O)NCCc4ccccc4)C3)CC2)nc(N)n1. The van der Waals surface area contributed by atoms with E-state index in [1.807, 2.05) is 31.2 Å². The summed E-state index contributed by atoms with van der Waals surface area (Å²) < 4.78 is 0. The summed E-state index contributed by atoms with van der Waals surface area (Å²) in [7, 11) is 0. The second kappa shape index (κ2) is 10.1. The third-order valence-corrected chi connectivity index (χ3v) is 6.54. The van der Waals surface area contributed by atoms with Crippen molar-refractivity contribution >= 4 is 17.7 Å². The highest BCUT2D eigenvalue weighted by atomic mass is 16.1. The van der Waals surface area contributed by atoms with Crippen molar-refractivity contribution < 1.29 is 4.79 Å². The van der Waals surface area contributed by atoms with Gasteiger partial charge >= 0.3 is 0 Å². The molecule has 0 radical (unpaired) electrons. The van der Waals surface area contributed by atoms with Gasteiger partial charge in [-0.2, -0.15) is 4.98 Å². The summed E-state index contributed by atoms with van der Waals surface area (Å²) in [5.41, 5.74) is 8.00. The molecule has 2 saturated heterocycles. The lowest BCUT2D eigenvalue weighted by molar-refractivity contribution is -0.127. The fourth-order valence-electron chi connectivity index (χ4n) is 4.87. The van der Waals surface area contributed by atoms with Crippen LogP contribution in [0.1, 0.15) is 36.9 Å². The molecule has 2 aliphatic rings. The van der Waals surface area contributed by atoms with Crippen LogP contribution in [-0.2, 0) is 11.2 Å². The third-order valence-electron chi connectivity index (χ3n) is 6.54. The summed E-state index contributed by atoms with van der Waals surface area (Å²) in [4.78, 5) is 26.2. The normalized spacial score (nSPS) is 20.5. The van der Waals surface area contributed by atoms with Crippen LogP contribution < -0.4 is 16.0 Å². The number of nitrogen functional groups attached to an aromatic ring is 1. The molecule has 3 N–H and O–H groups in total. The monoisotopic (exact) mass is 422 g/mol. The van der Waals surface area contributed by atoms with Gasteiger partial charge in [-0.1, -0.05) is 30.3 Å². The Bertz CT molecular complexity index is 845. The number of likely N-dealkylation sites (tertiary alicyclic amines) is 1. The van der Waals surface area contributed by atoms with Gasteiger partial charge in [0.2, 0.25) is 11.9 Å². The molecular formula is C24H34N6O. The Morgan fingerprint density at radius 1 is 1.13 bits per heavy atom. The zero-order valence-corrected chi connectivity index (χ0v) is 18.5. The highest BCUT2D eigenvalue weighted by Crippen LogP contribution is 2.26. The van der Waals surface area contributed by atoms with Gasteiger partial charge in [-0.3, -0.25) is 9.69 Å². The lowest BCUT2D eigenvalue weighted by Crippen LogP contribution is -2.51. The predicted molar refractivity (Wildman–Crippen MR) is 124 cm³/mol. The van der Waals surface area contributed by atoms with E-state index in [9.17, 15) is 4.79 Å². The highest BCUT2D eigenvalue weighted by Gasteiger charge is 2.31. The van der Waals surface area contributed by atoms with Crippen LogP contribution in [0.4, 0.5) is 11.8 Å². The Kier molecular flexibility index (Phi) is 7.02. The Morgan fingerprint density at radius 3 is 2.65 bits per heavy atom. The average Bonchev–Trinajstić information content (AvgIpc) is 2.79. The van der Waals surface area contributed by atoms with Crippen LogP contribution in [0.3, 0.4) is 0 Å². The zero-order valence-electron chi connectivity index (χ0n) is 18.5. The van der Waals surface area contributed by atoms with Gasteiger partial charge in [0.05, 0.1) is 5.92 Å². The van der Waals surface area contributed by atoms with Crippen molar-refractivity contribution in [3.63, 3.8) is 0 Å². The number of amides is 1. The van der Waals surface area contributed by atoms with Crippen molar-refractivity contribution in [1.82, 2.24) is 20.2 Å². The van der Waals surface area contributed by atoms with E-state index in [2.05, 4.69) is 37.2 Å². The van der Waals surface area contributed by atoms with Crippen molar-refractivity contribution in [3.8, 4) is 0 Å². The lowest BCUT2D eigenvalue weighted by atomic mass is 9.93. The van der Waals surface area contributed by atoms with E-state index in [0.717, 1.165) is 69.8 Å². The van der Waals surface area contributed by atoms with E-state index in [1.54, 1.807) is 0 Å². The Labute approximate surface area is 185 Å². The van der Waals surface area contributed by atoms with Crippen LogP contribution in [0.5, 0.6) is 0 Å². The van der Waals surface area contributed by atoms with Crippen LogP contribution in [0.2, 0.25) is 0 Å². The smallest absolute Gasteiger partial charge is 0.224 e. The molecule has 1 atom stereocenters. The minimum Gasteiger partial charge on any atom is -0.368 e. The molecule has 4 rings (SSSR count). The molecule has 0 saturated carbocycles. The van der Waals surface area contributed by atoms with Crippen molar-refractivity contribution in [2.75, 3.05) is 43.4 Å². The van der Waals surface area contributed by atoms with Gasteiger partial charge < -0.3 is 16.0 Å². The second-order valence-corrected chi connectivity index (χ2v) is 8.80. The van der Waals surface area contributed by atoms with Gasteiger partial charge in [0.25, 0.3) is 0 Å². The van der Waals surface area contributed by atoms with E-state index in [1.165, 1.54) is 5.56 Å². The largest absolute Gasteiger partial charge is 0.368 e. The van der Waals surface area contributed by atoms with Gasteiger partial charge in [-0.15, -0.1) is 0 Å². The summed E-state index contributed by atoms with van der Waals surface area (Å²) in [6, 6.07) is 12.9. The molecule has 1 aromatic heterocycles. The van der Waals surface area contributed by atoms with Crippen molar-refractivity contribution in [2.45, 2.75) is 45.1 Å². The number of aromatic nitrogens is 2. The van der Waals surface area contributed by atoms with Gasteiger partial charge in [0.15, 0.2) is 0 Å². The minimum atomic E-state index is 0.104. The van der Waals surface area contributed by atoms with Gasteiger partial charge in [0.1, 0.15) is 5.82 Å². The number of carbonyl (C=O) groups is 1. The first-order valence-corrected chi connectivity index (χ1v) is 11.5. The number of benzene rings is 1. The van der Waals surface area contributed by atoms with E-state index >= 15 is 0 Å². The molecule has 7 heteroatoms. The van der Waals surface area contributed by atoms with E-state index in [0.29, 0.717) is 18.5 Å². The van der Waals surface area contributed by atoms with Crippen LogP contribution in [0.15, 0.2) is 36.4 Å². The summed E-state index contributed by atoms with van der Waals surface area (Å²) in [5, 5.41) is 3.16. The molecular weight excluding hydrogens is 388 g/mol. The van der Waals surface area contributed by atoms with Crippen molar-refractivity contribution in [2.24, 2.45) is 5.92 Å².